The second kappa shape index (κ2) is 7.98. The van der Waals surface area contributed by atoms with Gasteiger partial charge in [-0.2, -0.15) is 0 Å². The summed E-state index contributed by atoms with van der Waals surface area (Å²) in [5.74, 6) is 1.52. The summed E-state index contributed by atoms with van der Waals surface area (Å²) in [6, 6.07) is 19.3. The Morgan fingerprint density at radius 2 is 1.72 bits per heavy atom. The van der Waals surface area contributed by atoms with Crippen molar-refractivity contribution in [3.8, 4) is 11.5 Å². The zero-order valence-electron chi connectivity index (χ0n) is 16.1. The van der Waals surface area contributed by atoms with Crippen molar-refractivity contribution in [2.24, 2.45) is 0 Å². The molecule has 150 valence electrons. The maximum absolute atomic E-state index is 7.25. The van der Waals surface area contributed by atoms with Crippen molar-refractivity contribution < 1.29 is 9.47 Å². The van der Waals surface area contributed by atoms with Crippen LogP contribution in [0.2, 0.25) is 10.0 Å². The molecule has 0 bridgehead atoms. The van der Waals surface area contributed by atoms with Crippen LogP contribution in [0.4, 0.5) is 5.69 Å². The summed E-state index contributed by atoms with van der Waals surface area (Å²) in [6.45, 7) is 1.18. The van der Waals surface area contributed by atoms with Crippen LogP contribution < -0.4 is 14.4 Å². The number of hydrogen-bond donors (Lipinski definition) is 0. The molecule has 0 radical (unpaired) electrons. The van der Waals surface area contributed by atoms with Gasteiger partial charge in [0.25, 0.3) is 0 Å². The summed E-state index contributed by atoms with van der Waals surface area (Å²) < 4.78 is 10.9. The monoisotopic (exact) mass is 447 g/mol. The van der Waals surface area contributed by atoms with Crippen molar-refractivity contribution >= 4 is 40.5 Å². The molecule has 0 fully saturated rings. The van der Waals surface area contributed by atoms with E-state index in [0.29, 0.717) is 23.1 Å². The average molecular weight is 449 g/mol. The molecule has 0 N–H and O–H groups in total. The SMILES string of the molecule is COc1ccc(CN2CC(Cl)(c3ccccc3Cl)c3cc(Cl)ccc32)c(OC)c1. The predicted octanol–water partition coefficient (Wildman–Crippen LogP) is 6.51. The topological polar surface area (TPSA) is 21.7 Å². The minimum Gasteiger partial charge on any atom is -0.497 e. The fourth-order valence-corrected chi connectivity index (χ4v) is 4.85. The van der Waals surface area contributed by atoms with E-state index in [1.807, 2.05) is 60.7 Å². The third kappa shape index (κ3) is 3.63. The van der Waals surface area contributed by atoms with Crippen LogP contribution in [0.25, 0.3) is 0 Å². The third-order valence-corrected chi connectivity index (χ3v) is 6.38. The van der Waals surface area contributed by atoms with Crippen molar-refractivity contribution in [1.82, 2.24) is 0 Å². The number of fused-ring (bicyclic) bond motifs is 1. The highest BCUT2D eigenvalue weighted by atomic mass is 35.5. The molecule has 0 spiro atoms. The summed E-state index contributed by atoms with van der Waals surface area (Å²) >= 11 is 20.1. The lowest BCUT2D eigenvalue weighted by Crippen LogP contribution is -2.30. The average Bonchev–Trinajstić information content (AvgIpc) is 3.00. The molecule has 3 aromatic carbocycles. The molecule has 1 aliphatic rings. The summed E-state index contributed by atoms with van der Waals surface area (Å²) in [4.78, 5) is 1.44. The van der Waals surface area contributed by atoms with Crippen molar-refractivity contribution in [2.45, 2.75) is 11.4 Å². The van der Waals surface area contributed by atoms with E-state index in [4.69, 9.17) is 44.3 Å². The predicted molar refractivity (Wildman–Crippen MR) is 120 cm³/mol. The zero-order chi connectivity index (χ0) is 20.6. The largest absolute Gasteiger partial charge is 0.497 e. The van der Waals surface area contributed by atoms with Gasteiger partial charge in [-0.3, -0.25) is 0 Å². The highest BCUT2D eigenvalue weighted by molar-refractivity contribution is 6.35. The number of halogens is 3. The molecule has 1 atom stereocenters. The van der Waals surface area contributed by atoms with E-state index in [2.05, 4.69) is 4.90 Å². The Kier molecular flexibility index (Phi) is 5.56. The third-order valence-electron chi connectivity index (χ3n) is 5.29. The number of ether oxygens (including phenoxy) is 2. The second-order valence-corrected chi connectivity index (χ2v) is 8.47. The minimum atomic E-state index is -0.793. The van der Waals surface area contributed by atoms with Gasteiger partial charge in [0.05, 0.1) is 14.2 Å². The summed E-state index contributed by atoms with van der Waals surface area (Å²) in [7, 11) is 3.30. The number of methoxy groups -OCH3 is 2. The van der Waals surface area contributed by atoms with Crippen molar-refractivity contribution in [3.63, 3.8) is 0 Å². The van der Waals surface area contributed by atoms with E-state index < -0.39 is 4.87 Å². The summed E-state index contributed by atoms with van der Waals surface area (Å²) in [6.07, 6.45) is 0. The van der Waals surface area contributed by atoms with Crippen LogP contribution in [0.5, 0.6) is 11.5 Å². The van der Waals surface area contributed by atoms with Gasteiger partial charge in [-0.1, -0.05) is 41.4 Å². The first-order chi connectivity index (χ1) is 14.0. The quantitative estimate of drug-likeness (QED) is 0.415. The van der Waals surface area contributed by atoms with E-state index >= 15 is 0 Å². The van der Waals surface area contributed by atoms with Crippen LogP contribution in [0.15, 0.2) is 60.7 Å². The lowest BCUT2D eigenvalue weighted by Gasteiger charge is -2.26. The standard InChI is InChI=1S/C23H20Cl3NO2/c1-28-17-9-7-15(22(12-17)29-2)13-27-14-23(26,18-5-3-4-6-20(18)25)19-11-16(24)8-10-21(19)27/h3-12H,13-14H2,1-2H3. The highest BCUT2D eigenvalue weighted by Gasteiger charge is 2.44. The Labute approximate surface area is 185 Å². The van der Waals surface area contributed by atoms with Gasteiger partial charge in [0.2, 0.25) is 0 Å². The van der Waals surface area contributed by atoms with Gasteiger partial charge in [0.1, 0.15) is 16.4 Å². The Morgan fingerprint density at radius 1 is 0.931 bits per heavy atom. The van der Waals surface area contributed by atoms with Crippen LogP contribution in [0.1, 0.15) is 16.7 Å². The molecular weight excluding hydrogens is 429 g/mol. The van der Waals surface area contributed by atoms with Crippen LogP contribution in [-0.4, -0.2) is 20.8 Å². The molecule has 29 heavy (non-hydrogen) atoms. The summed E-state index contributed by atoms with van der Waals surface area (Å²) in [5.41, 5.74) is 3.89. The highest BCUT2D eigenvalue weighted by Crippen LogP contribution is 2.51. The van der Waals surface area contributed by atoms with Gasteiger partial charge in [-0.05, 0) is 42.0 Å². The minimum absolute atomic E-state index is 0.559. The van der Waals surface area contributed by atoms with E-state index in [1.54, 1.807) is 14.2 Å². The van der Waals surface area contributed by atoms with Gasteiger partial charge in [-0.25, -0.2) is 0 Å². The smallest absolute Gasteiger partial charge is 0.127 e. The van der Waals surface area contributed by atoms with Crippen LogP contribution >= 0.6 is 34.8 Å². The molecule has 0 aliphatic carbocycles. The number of alkyl halides is 1. The molecule has 0 saturated carbocycles. The molecule has 3 aromatic rings. The fraction of sp³-hybridized carbons (Fsp3) is 0.217. The van der Waals surface area contributed by atoms with Gasteiger partial charge < -0.3 is 14.4 Å². The first kappa shape index (κ1) is 20.2. The Balaban J connectivity index is 1.77. The van der Waals surface area contributed by atoms with E-state index in [0.717, 1.165) is 33.9 Å². The van der Waals surface area contributed by atoms with E-state index in [1.165, 1.54) is 0 Å². The molecule has 0 amide bonds. The number of hydrogen-bond acceptors (Lipinski definition) is 3. The number of nitrogens with zero attached hydrogens (tertiary/aromatic N) is 1. The number of rotatable bonds is 5. The zero-order valence-corrected chi connectivity index (χ0v) is 18.4. The van der Waals surface area contributed by atoms with Crippen molar-refractivity contribution in [1.29, 1.82) is 0 Å². The van der Waals surface area contributed by atoms with E-state index in [-0.39, 0.29) is 0 Å². The van der Waals surface area contributed by atoms with Gasteiger partial charge in [0.15, 0.2) is 0 Å². The summed E-state index contributed by atoms with van der Waals surface area (Å²) in [5, 5.41) is 1.28. The van der Waals surface area contributed by atoms with Crippen molar-refractivity contribution in [3.05, 3.63) is 87.4 Å². The molecule has 6 heteroatoms. The van der Waals surface area contributed by atoms with Gasteiger partial charge in [0, 0.05) is 46.0 Å². The maximum atomic E-state index is 7.25. The maximum Gasteiger partial charge on any atom is 0.127 e. The second-order valence-electron chi connectivity index (χ2n) is 6.98. The molecule has 0 saturated heterocycles. The van der Waals surface area contributed by atoms with Crippen molar-refractivity contribution in [2.75, 3.05) is 25.7 Å². The molecule has 0 aromatic heterocycles. The lowest BCUT2D eigenvalue weighted by molar-refractivity contribution is 0.390. The van der Waals surface area contributed by atoms with E-state index in [9.17, 15) is 0 Å². The Hall–Kier alpha value is -2.07. The normalized spacial score (nSPS) is 17.9. The molecule has 4 rings (SSSR count). The Morgan fingerprint density at radius 3 is 2.45 bits per heavy atom. The fourth-order valence-electron chi connectivity index (χ4n) is 3.88. The van der Waals surface area contributed by atoms with Gasteiger partial charge >= 0.3 is 0 Å². The molecular formula is C23H20Cl3NO2. The molecule has 1 aliphatic heterocycles. The number of anilines is 1. The molecule has 1 heterocycles. The first-order valence-electron chi connectivity index (χ1n) is 9.16. The Bertz CT molecular complexity index is 1060. The molecule has 1 unspecified atom stereocenters. The first-order valence-corrected chi connectivity index (χ1v) is 10.3. The van der Waals surface area contributed by atoms with Gasteiger partial charge in [-0.15, -0.1) is 11.6 Å². The lowest BCUT2D eigenvalue weighted by atomic mass is 9.92. The molecule has 3 nitrogen and oxygen atoms in total. The van der Waals surface area contributed by atoms with Crippen LogP contribution in [0, 0.1) is 0 Å². The van der Waals surface area contributed by atoms with Crippen LogP contribution in [-0.2, 0) is 11.4 Å². The number of benzene rings is 3. The van der Waals surface area contributed by atoms with Crippen LogP contribution in [0.3, 0.4) is 0 Å².